The third-order valence-electron chi connectivity index (χ3n) is 4.90. The second-order valence-corrected chi connectivity index (χ2v) is 6.18. The first kappa shape index (κ1) is 13.3. The van der Waals surface area contributed by atoms with Gasteiger partial charge in [0.2, 0.25) is 0 Å². The van der Waals surface area contributed by atoms with Crippen LogP contribution in [0.1, 0.15) is 36.3 Å². The molecule has 1 fully saturated rings. The molecule has 0 spiro atoms. The minimum Gasteiger partial charge on any atom is -0.303 e. The summed E-state index contributed by atoms with van der Waals surface area (Å²) in [7, 11) is 0. The molecular weight excluding hydrogens is 248 g/mol. The number of aryl methyl sites for hydroxylation is 1. The van der Waals surface area contributed by atoms with Crippen molar-refractivity contribution >= 4 is 12.1 Å². The summed E-state index contributed by atoms with van der Waals surface area (Å²) >= 11 is 0. The van der Waals surface area contributed by atoms with Gasteiger partial charge in [0, 0.05) is 12.3 Å². The predicted octanol–water partition coefficient (Wildman–Crippen LogP) is 3.45. The molecule has 3 rings (SSSR count). The van der Waals surface area contributed by atoms with Gasteiger partial charge in [-0.05, 0) is 49.2 Å². The number of ketones is 1. The van der Waals surface area contributed by atoms with Gasteiger partial charge in [0.1, 0.15) is 6.29 Å². The van der Waals surface area contributed by atoms with Gasteiger partial charge in [-0.1, -0.05) is 35.9 Å². The molecule has 1 aromatic rings. The number of carbonyl (C=O) groups is 2. The summed E-state index contributed by atoms with van der Waals surface area (Å²) in [5.41, 5.74) is 2.47. The van der Waals surface area contributed by atoms with E-state index in [9.17, 15) is 9.59 Å². The molecular formula is C18H20O2. The highest BCUT2D eigenvalue weighted by Crippen LogP contribution is 2.47. The van der Waals surface area contributed by atoms with Crippen molar-refractivity contribution in [1.82, 2.24) is 0 Å². The third-order valence-corrected chi connectivity index (χ3v) is 4.90. The van der Waals surface area contributed by atoms with E-state index in [1.165, 1.54) is 11.1 Å². The lowest BCUT2D eigenvalue weighted by molar-refractivity contribution is -0.117. The lowest BCUT2D eigenvalue weighted by atomic mass is 9.62. The second-order valence-electron chi connectivity index (χ2n) is 6.18. The van der Waals surface area contributed by atoms with Crippen molar-refractivity contribution in [3.8, 4) is 0 Å². The van der Waals surface area contributed by atoms with Gasteiger partial charge >= 0.3 is 0 Å². The summed E-state index contributed by atoms with van der Waals surface area (Å²) in [5, 5.41) is 0. The van der Waals surface area contributed by atoms with Gasteiger partial charge in [0.15, 0.2) is 5.78 Å². The summed E-state index contributed by atoms with van der Waals surface area (Å²) in [6.45, 7) is 2.07. The van der Waals surface area contributed by atoms with E-state index in [1.807, 2.05) is 0 Å². The summed E-state index contributed by atoms with van der Waals surface area (Å²) in [5.74, 6) is 1.29. The molecule has 0 heterocycles. The standard InChI is InChI=1S/C18H20O2/c1-12-2-4-13(5-3-12)18-15(11-19)7-6-14-10-16(20)8-9-17(14)18/h2-5,8-9,11,14-15,17-18H,6-7,10H2,1H3/t14-,15-,17-,18-/m0/s1. The van der Waals surface area contributed by atoms with E-state index in [0.717, 1.165) is 19.1 Å². The number of hydrogen-bond donors (Lipinski definition) is 0. The molecule has 20 heavy (non-hydrogen) atoms. The van der Waals surface area contributed by atoms with Gasteiger partial charge in [0.05, 0.1) is 0 Å². The highest BCUT2D eigenvalue weighted by atomic mass is 16.1. The minimum atomic E-state index is 0.0804. The second kappa shape index (κ2) is 5.35. The molecule has 2 nitrogen and oxygen atoms in total. The molecule has 0 aliphatic heterocycles. The molecule has 0 radical (unpaired) electrons. The van der Waals surface area contributed by atoms with Crippen LogP contribution in [0, 0.1) is 24.7 Å². The summed E-state index contributed by atoms with van der Waals surface area (Å²) in [6, 6.07) is 8.50. The summed E-state index contributed by atoms with van der Waals surface area (Å²) in [6.07, 6.45) is 7.43. The van der Waals surface area contributed by atoms with E-state index in [4.69, 9.17) is 0 Å². The maximum atomic E-state index is 11.6. The molecule has 2 aliphatic carbocycles. The Labute approximate surface area is 119 Å². The van der Waals surface area contributed by atoms with Crippen LogP contribution in [0.4, 0.5) is 0 Å². The maximum Gasteiger partial charge on any atom is 0.155 e. The molecule has 0 N–H and O–H groups in total. The quantitative estimate of drug-likeness (QED) is 0.770. The summed E-state index contributed by atoms with van der Waals surface area (Å²) < 4.78 is 0. The predicted molar refractivity (Wildman–Crippen MR) is 78.5 cm³/mol. The Morgan fingerprint density at radius 2 is 1.90 bits per heavy atom. The van der Waals surface area contributed by atoms with Crippen LogP contribution in [0.5, 0.6) is 0 Å². The van der Waals surface area contributed by atoms with Crippen LogP contribution in [-0.2, 0) is 9.59 Å². The number of carbonyl (C=O) groups excluding carboxylic acids is 2. The zero-order valence-corrected chi connectivity index (χ0v) is 11.8. The molecule has 2 aliphatic rings. The number of hydrogen-bond acceptors (Lipinski definition) is 2. The van der Waals surface area contributed by atoms with E-state index < -0.39 is 0 Å². The van der Waals surface area contributed by atoms with Crippen molar-refractivity contribution in [2.45, 2.75) is 32.1 Å². The van der Waals surface area contributed by atoms with Crippen molar-refractivity contribution in [3.63, 3.8) is 0 Å². The highest BCUT2D eigenvalue weighted by Gasteiger charge is 2.40. The SMILES string of the molecule is Cc1ccc([C@@H]2[C@H]3C=CC(=O)C[C@@H]3CC[C@H]2C=O)cc1. The number of rotatable bonds is 2. The van der Waals surface area contributed by atoms with Crippen LogP contribution in [0.3, 0.4) is 0 Å². The molecule has 0 saturated heterocycles. The molecule has 0 amide bonds. The Kier molecular flexibility index (Phi) is 3.56. The monoisotopic (exact) mass is 268 g/mol. The lowest BCUT2D eigenvalue weighted by Gasteiger charge is -2.41. The van der Waals surface area contributed by atoms with Gasteiger partial charge in [-0.25, -0.2) is 0 Å². The molecule has 0 aromatic heterocycles. The smallest absolute Gasteiger partial charge is 0.155 e. The first-order valence-electron chi connectivity index (χ1n) is 7.42. The molecule has 1 saturated carbocycles. The third kappa shape index (κ3) is 2.35. The normalized spacial score (nSPS) is 32.8. The zero-order valence-electron chi connectivity index (χ0n) is 11.8. The van der Waals surface area contributed by atoms with Crippen LogP contribution < -0.4 is 0 Å². The Hall–Kier alpha value is -1.70. The number of allylic oxidation sites excluding steroid dienone is 2. The molecule has 0 bridgehead atoms. The first-order chi connectivity index (χ1) is 9.69. The van der Waals surface area contributed by atoms with Crippen LogP contribution in [-0.4, -0.2) is 12.1 Å². The van der Waals surface area contributed by atoms with Crippen molar-refractivity contribution in [2.75, 3.05) is 0 Å². The fraction of sp³-hybridized carbons (Fsp3) is 0.444. The van der Waals surface area contributed by atoms with Crippen molar-refractivity contribution in [2.24, 2.45) is 17.8 Å². The van der Waals surface area contributed by atoms with E-state index >= 15 is 0 Å². The van der Waals surface area contributed by atoms with Gasteiger partial charge in [-0.15, -0.1) is 0 Å². The summed E-state index contributed by atoms with van der Waals surface area (Å²) in [4.78, 5) is 23.1. The molecule has 1 aromatic carbocycles. The average molecular weight is 268 g/mol. The lowest BCUT2D eigenvalue weighted by Crippen LogP contribution is -2.35. The van der Waals surface area contributed by atoms with Crippen LogP contribution in [0.15, 0.2) is 36.4 Å². The number of benzene rings is 1. The Bertz CT molecular complexity index is 541. The Balaban J connectivity index is 1.98. The van der Waals surface area contributed by atoms with Crippen molar-refractivity contribution < 1.29 is 9.59 Å². The number of fused-ring (bicyclic) bond motifs is 1. The topological polar surface area (TPSA) is 34.1 Å². The molecule has 4 atom stereocenters. The highest BCUT2D eigenvalue weighted by molar-refractivity contribution is 5.90. The maximum absolute atomic E-state index is 11.6. The first-order valence-corrected chi connectivity index (χ1v) is 7.42. The van der Waals surface area contributed by atoms with E-state index in [-0.39, 0.29) is 17.6 Å². The van der Waals surface area contributed by atoms with Crippen LogP contribution in [0.25, 0.3) is 0 Å². The van der Waals surface area contributed by atoms with Crippen LogP contribution in [0.2, 0.25) is 0 Å². The van der Waals surface area contributed by atoms with E-state index in [0.29, 0.717) is 18.3 Å². The van der Waals surface area contributed by atoms with Gasteiger partial charge in [-0.2, -0.15) is 0 Å². The van der Waals surface area contributed by atoms with Crippen molar-refractivity contribution in [1.29, 1.82) is 0 Å². The van der Waals surface area contributed by atoms with Crippen molar-refractivity contribution in [3.05, 3.63) is 47.5 Å². The zero-order chi connectivity index (χ0) is 14.1. The van der Waals surface area contributed by atoms with Gasteiger partial charge < -0.3 is 4.79 Å². The van der Waals surface area contributed by atoms with E-state index in [1.54, 1.807) is 6.08 Å². The average Bonchev–Trinajstić information content (AvgIpc) is 2.47. The fourth-order valence-corrected chi connectivity index (χ4v) is 3.83. The molecule has 104 valence electrons. The van der Waals surface area contributed by atoms with Gasteiger partial charge in [0.25, 0.3) is 0 Å². The molecule has 0 unspecified atom stereocenters. The van der Waals surface area contributed by atoms with E-state index in [2.05, 4.69) is 37.3 Å². The van der Waals surface area contributed by atoms with Crippen LogP contribution >= 0.6 is 0 Å². The molecule has 2 heteroatoms. The minimum absolute atomic E-state index is 0.0804. The Morgan fingerprint density at radius 3 is 2.60 bits per heavy atom. The fourth-order valence-electron chi connectivity index (χ4n) is 3.83. The Morgan fingerprint density at radius 1 is 1.15 bits per heavy atom. The van der Waals surface area contributed by atoms with Gasteiger partial charge in [-0.3, -0.25) is 4.79 Å². The largest absolute Gasteiger partial charge is 0.303 e. The number of aldehydes is 1.